The van der Waals surface area contributed by atoms with Crippen molar-refractivity contribution < 1.29 is 27.4 Å². The Labute approximate surface area is 183 Å². The molecule has 0 spiro atoms. The van der Waals surface area contributed by atoms with Crippen LogP contribution in [0.4, 0.5) is 0 Å². The number of nitrogens with zero attached hydrogens (tertiary/aromatic N) is 2. The van der Waals surface area contributed by atoms with Crippen molar-refractivity contribution in [1.29, 1.82) is 0 Å². The van der Waals surface area contributed by atoms with Gasteiger partial charge in [0.2, 0.25) is 10.0 Å². The van der Waals surface area contributed by atoms with Gasteiger partial charge in [-0.25, -0.2) is 8.42 Å². The molecule has 0 bridgehead atoms. The van der Waals surface area contributed by atoms with Crippen LogP contribution >= 0.6 is 0 Å². The number of ether oxygens (including phenoxy) is 4. The fourth-order valence-electron chi connectivity index (χ4n) is 3.68. The van der Waals surface area contributed by atoms with Crippen molar-refractivity contribution in [2.45, 2.75) is 11.3 Å². The molecule has 0 aliphatic carbocycles. The smallest absolute Gasteiger partial charge is 0.243 e. The van der Waals surface area contributed by atoms with Gasteiger partial charge in [-0.1, -0.05) is 0 Å². The maximum atomic E-state index is 13.0. The molecule has 9 heteroatoms. The van der Waals surface area contributed by atoms with E-state index in [0.29, 0.717) is 57.5 Å². The molecule has 168 valence electrons. The van der Waals surface area contributed by atoms with Crippen LogP contribution in [0, 0.1) is 0 Å². The summed E-state index contributed by atoms with van der Waals surface area (Å²) in [6.07, 6.45) is 0.876. The molecule has 2 aliphatic rings. The van der Waals surface area contributed by atoms with Crippen LogP contribution < -0.4 is 18.9 Å². The van der Waals surface area contributed by atoms with Crippen LogP contribution in [-0.2, 0) is 10.0 Å². The summed E-state index contributed by atoms with van der Waals surface area (Å²) < 4.78 is 49.5. The molecule has 2 aliphatic heterocycles. The van der Waals surface area contributed by atoms with Crippen molar-refractivity contribution in [3.8, 4) is 23.0 Å². The zero-order valence-electron chi connectivity index (χ0n) is 17.7. The number of fused-ring (bicyclic) bond motifs is 1. The number of hydrogen-bond acceptors (Lipinski definition) is 7. The molecule has 0 radical (unpaired) electrons. The predicted octanol–water partition coefficient (Wildman–Crippen LogP) is 2.24. The summed E-state index contributed by atoms with van der Waals surface area (Å²) >= 11 is 0. The highest BCUT2D eigenvalue weighted by Crippen LogP contribution is 2.33. The number of rotatable bonds is 8. The number of hydrogen-bond donors (Lipinski definition) is 0. The van der Waals surface area contributed by atoms with Crippen molar-refractivity contribution in [3.05, 3.63) is 42.5 Å². The molecule has 2 aromatic rings. The van der Waals surface area contributed by atoms with Gasteiger partial charge in [-0.15, -0.1) is 0 Å². The largest absolute Gasteiger partial charge is 0.497 e. The molecule has 0 amide bonds. The second kappa shape index (κ2) is 9.76. The maximum absolute atomic E-state index is 13.0. The first-order valence-electron chi connectivity index (χ1n) is 10.5. The third-order valence-electron chi connectivity index (χ3n) is 5.43. The van der Waals surface area contributed by atoms with E-state index < -0.39 is 10.0 Å². The molecule has 8 nitrogen and oxygen atoms in total. The minimum atomic E-state index is -3.55. The minimum absolute atomic E-state index is 0.248. The van der Waals surface area contributed by atoms with E-state index in [-0.39, 0.29) is 4.90 Å². The van der Waals surface area contributed by atoms with Gasteiger partial charge >= 0.3 is 0 Å². The Morgan fingerprint density at radius 1 is 0.903 bits per heavy atom. The molecule has 0 unspecified atom stereocenters. The van der Waals surface area contributed by atoms with Gasteiger partial charge in [-0.3, -0.25) is 0 Å². The summed E-state index contributed by atoms with van der Waals surface area (Å²) in [5, 5.41) is 0. The van der Waals surface area contributed by atoms with E-state index in [2.05, 4.69) is 4.90 Å². The Bertz CT molecular complexity index is 972. The second-order valence-electron chi connectivity index (χ2n) is 7.43. The molecule has 0 saturated carbocycles. The Kier molecular flexibility index (Phi) is 6.84. The summed E-state index contributed by atoms with van der Waals surface area (Å²) in [5.74, 6) is 2.70. The van der Waals surface area contributed by atoms with Gasteiger partial charge in [0, 0.05) is 38.8 Å². The van der Waals surface area contributed by atoms with Crippen molar-refractivity contribution >= 4 is 10.0 Å². The zero-order valence-corrected chi connectivity index (χ0v) is 18.5. The molecular weight excluding hydrogens is 420 g/mol. The van der Waals surface area contributed by atoms with Crippen LogP contribution in [-0.4, -0.2) is 77.3 Å². The molecule has 31 heavy (non-hydrogen) atoms. The van der Waals surface area contributed by atoms with E-state index in [1.54, 1.807) is 29.6 Å². The van der Waals surface area contributed by atoms with Crippen LogP contribution in [0.25, 0.3) is 0 Å². The van der Waals surface area contributed by atoms with E-state index in [1.165, 1.54) is 0 Å². The first-order chi connectivity index (χ1) is 15.1. The van der Waals surface area contributed by atoms with Crippen LogP contribution in [0.2, 0.25) is 0 Å². The highest BCUT2D eigenvalue weighted by molar-refractivity contribution is 7.89. The quantitative estimate of drug-likeness (QED) is 0.573. The molecule has 2 heterocycles. The average molecular weight is 449 g/mol. The standard InChI is InChI=1S/C22H28N2O6S/c1-27-18-3-5-19(6-4-18)28-14-2-9-23-10-12-24(13-11-23)31(25,26)20-7-8-21-22(17-20)30-16-15-29-21/h3-8,17H,2,9-16H2,1H3. The molecule has 2 aromatic carbocycles. The first kappa shape index (κ1) is 21.7. The lowest BCUT2D eigenvalue weighted by atomic mass is 10.3. The summed E-state index contributed by atoms with van der Waals surface area (Å²) in [6, 6.07) is 12.3. The SMILES string of the molecule is COc1ccc(OCCCN2CCN(S(=O)(=O)c3ccc4c(c3)OCCO4)CC2)cc1. The Balaban J connectivity index is 1.23. The monoisotopic (exact) mass is 448 g/mol. The van der Waals surface area contributed by atoms with E-state index in [9.17, 15) is 8.42 Å². The van der Waals surface area contributed by atoms with E-state index in [1.807, 2.05) is 24.3 Å². The van der Waals surface area contributed by atoms with Crippen LogP contribution in [0.15, 0.2) is 47.4 Å². The second-order valence-corrected chi connectivity index (χ2v) is 9.37. The van der Waals surface area contributed by atoms with E-state index >= 15 is 0 Å². The Morgan fingerprint density at radius 3 is 2.29 bits per heavy atom. The summed E-state index contributed by atoms with van der Waals surface area (Å²) in [6.45, 7) is 4.73. The van der Waals surface area contributed by atoms with E-state index in [4.69, 9.17) is 18.9 Å². The predicted molar refractivity (Wildman–Crippen MR) is 116 cm³/mol. The lowest BCUT2D eigenvalue weighted by Gasteiger charge is -2.34. The van der Waals surface area contributed by atoms with Gasteiger partial charge in [0.1, 0.15) is 24.7 Å². The van der Waals surface area contributed by atoms with Gasteiger partial charge in [-0.05, 0) is 42.8 Å². The normalized spacial score (nSPS) is 17.3. The van der Waals surface area contributed by atoms with Crippen molar-refractivity contribution in [3.63, 3.8) is 0 Å². The lowest BCUT2D eigenvalue weighted by Crippen LogP contribution is -2.48. The first-order valence-corrected chi connectivity index (χ1v) is 11.9. The highest BCUT2D eigenvalue weighted by Gasteiger charge is 2.29. The molecule has 0 N–H and O–H groups in total. The summed E-state index contributed by atoms with van der Waals surface area (Å²) in [7, 11) is -1.91. The third kappa shape index (κ3) is 5.23. The molecule has 4 rings (SSSR count). The number of sulfonamides is 1. The lowest BCUT2D eigenvalue weighted by molar-refractivity contribution is 0.170. The third-order valence-corrected chi connectivity index (χ3v) is 7.32. The number of methoxy groups -OCH3 is 1. The maximum Gasteiger partial charge on any atom is 0.243 e. The van der Waals surface area contributed by atoms with Crippen molar-refractivity contribution in [1.82, 2.24) is 9.21 Å². The average Bonchev–Trinajstić information content (AvgIpc) is 2.82. The zero-order chi connectivity index (χ0) is 21.7. The summed E-state index contributed by atoms with van der Waals surface area (Å²) in [4.78, 5) is 2.52. The highest BCUT2D eigenvalue weighted by atomic mass is 32.2. The molecule has 0 aromatic heterocycles. The topological polar surface area (TPSA) is 77.5 Å². The number of piperazine rings is 1. The molecule has 1 fully saturated rings. The van der Waals surface area contributed by atoms with Gasteiger partial charge in [0.25, 0.3) is 0 Å². The number of benzene rings is 2. The van der Waals surface area contributed by atoms with Crippen LogP contribution in [0.3, 0.4) is 0 Å². The van der Waals surface area contributed by atoms with Gasteiger partial charge in [0.05, 0.1) is 18.6 Å². The van der Waals surface area contributed by atoms with Crippen molar-refractivity contribution in [2.75, 3.05) is 59.7 Å². The van der Waals surface area contributed by atoms with Crippen LogP contribution in [0.1, 0.15) is 6.42 Å². The fourth-order valence-corrected chi connectivity index (χ4v) is 5.11. The molecular formula is C22H28N2O6S. The Morgan fingerprint density at radius 2 is 1.58 bits per heavy atom. The summed E-state index contributed by atoms with van der Waals surface area (Å²) in [5.41, 5.74) is 0. The van der Waals surface area contributed by atoms with Crippen LogP contribution in [0.5, 0.6) is 23.0 Å². The molecule has 0 atom stereocenters. The van der Waals surface area contributed by atoms with Crippen molar-refractivity contribution in [2.24, 2.45) is 0 Å². The fraction of sp³-hybridized carbons (Fsp3) is 0.455. The van der Waals surface area contributed by atoms with E-state index in [0.717, 1.165) is 24.5 Å². The van der Waals surface area contributed by atoms with Gasteiger partial charge < -0.3 is 23.8 Å². The Hall–Kier alpha value is -2.49. The minimum Gasteiger partial charge on any atom is -0.497 e. The molecule has 1 saturated heterocycles. The van der Waals surface area contributed by atoms with Gasteiger partial charge in [0.15, 0.2) is 11.5 Å². The van der Waals surface area contributed by atoms with Gasteiger partial charge in [-0.2, -0.15) is 4.31 Å².